The average Bonchev–Trinajstić information content (AvgIpc) is 3.04. The van der Waals surface area contributed by atoms with Gasteiger partial charge in [-0.25, -0.2) is 8.42 Å². The molecule has 0 radical (unpaired) electrons. The van der Waals surface area contributed by atoms with E-state index in [2.05, 4.69) is 5.16 Å². The predicted molar refractivity (Wildman–Crippen MR) is 79.9 cm³/mol. The predicted octanol–water partition coefficient (Wildman–Crippen LogP) is 1.01. The van der Waals surface area contributed by atoms with Crippen LogP contribution >= 0.6 is 0 Å². The van der Waals surface area contributed by atoms with Gasteiger partial charge in [0.05, 0.1) is 11.8 Å². The lowest BCUT2D eigenvalue weighted by Gasteiger charge is -2.44. The highest BCUT2D eigenvalue weighted by Gasteiger charge is 2.48. The van der Waals surface area contributed by atoms with Crippen LogP contribution in [0.4, 0.5) is 0 Å². The highest BCUT2D eigenvalue weighted by atomic mass is 32.2. The SMILES string of the molecule is Cc1cc(C(=O)N2CCCC3(CCCN3S(C)(=O)=O)C2)no1. The van der Waals surface area contributed by atoms with Crippen molar-refractivity contribution in [2.45, 2.75) is 38.1 Å². The molecule has 1 unspecified atom stereocenters. The van der Waals surface area contributed by atoms with Crippen molar-refractivity contribution < 1.29 is 17.7 Å². The molecule has 0 aliphatic carbocycles. The normalized spacial score (nSPS) is 26.7. The third-order valence-corrected chi connectivity index (χ3v) is 5.99. The molecule has 0 saturated carbocycles. The maximum absolute atomic E-state index is 12.5. The van der Waals surface area contributed by atoms with Crippen molar-refractivity contribution >= 4 is 15.9 Å². The summed E-state index contributed by atoms with van der Waals surface area (Å²) < 4.78 is 30.7. The number of carbonyl (C=O) groups excluding carboxylic acids is 1. The van der Waals surface area contributed by atoms with Crippen LogP contribution in [0.2, 0.25) is 0 Å². The Morgan fingerprint density at radius 1 is 1.32 bits per heavy atom. The van der Waals surface area contributed by atoms with Gasteiger partial charge >= 0.3 is 0 Å². The molecule has 0 bridgehead atoms. The first kappa shape index (κ1) is 15.5. The fraction of sp³-hybridized carbons (Fsp3) is 0.714. The third-order valence-electron chi connectivity index (χ3n) is 4.62. The molecule has 2 aliphatic rings. The van der Waals surface area contributed by atoms with Gasteiger partial charge in [0.1, 0.15) is 5.76 Å². The number of rotatable bonds is 2. The fourth-order valence-electron chi connectivity index (χ4n) is 3.75. The van der Waals surface area contributed by atoms with Crippen LogP contribution in [0.15, 0.2) is 10.6 Å². The van der Waals surface area contributed by atoms with Crippen LogP contribution in [0.5, 0.6) is 0 Å². The van der Waals surface area contributed by atoms with Crippen LogP contribution in [-0.4, -0.2) is 60.1 Å². The van der Waals surface area contributed by atoms with Gasteiger partial charge in [-0.1, -0.05) is 5.16 Å². The molecule has 8 heteroatoms. The zero-order valence-corrected chi connectivity index (χ0v) is 13.7. The number of hydrogen-bond donors (Lipinski definition) is 0. The number of hydrogen-bond acceptors (Lipinski definition) is 5. The molecule has 0 N–H and O–H groups in total. The van der Waals surface area contributed by atoms with Crippen LogP contribution < -0.4 is 0 Å². The standard InChI is InChI=1S/C14H21N3O4S/c1-11-9-12(15-21-11)13(18)16-7-3-5-14(10-16)6-4-8-17(14)22(2,19)20/h9H,3-8,10H2,1-2H3. The van der Waals surface area contributed by atoms with Gasteiger partial charge in [0, 0.05) is 25.7 Å². The summed E-state index contributed by atoms with van der Waals surface area (Å²) in [5.41, 5.74) is -0.154. The summed E-state index contributed by atoms with van der Waals surface area (Å²) in [6.07, 6.45) is 4.51. The first-order valence-electron chi connectivity index (χ1n) is 7.52. The molecular formula is C14H21N3O4S. The Hall–Kier alpha value is -1.41. The lowest BCUT2D eigenvalue weighted by molar-refractivity contribution is 0.0515. The Morgan fingerprint density at radius 3 is 2.59 bits per heavy atom. The van der Waals surface area contributed by atoms with Gasteiger partial charge in [-0.05, 0) is 32.6 Å². The molecule has 2 fully saturated rings. The van der Waals surface area contributed by atoms with Gasteiger partial charge in [-0.3, -0.25) is 4.79 Å². The fourth-order valence-corrected chi connectivity index (χ4v) is 5.16. The second-order valence-corrected chi connectivity index (χ2v) is 8.22. The Labute approximate surface area is 130 Å². The highest BCUT2D eigenvalue weighted by molar-refractivity contribution is 7.88. The van der Waals surface area contributed by atoms with Crippen LogP contribution in [0, 0.1) is 6.92 Å². The summed E-state index contributed by atoms with van der Waals surface area (Å²) in [6.45, 7) is 3.35. The van der Waals surface area contributed by atoms with E-state index in [1.54, 1.807) is 22.2 Å². The minimum Gasteiger partial charge on any atom is -0.361 e. The van der Waals surface area contributed by atoms with Crippen molar-refractivity contribution in [2.75, 3.05) is 25.9 Å². The third kappa shape index (κ3) is 2.65. The molecule has 7 nitrogen and oxygen atoms in total. The Balaban J connectivity index is 1.83. The molecule has 2 saturated heterocycles. The van der Waals surface area contributed by atoms with Gasteiger partial charge in [0.25, 0.3) is 5.91 Å². The van der Waals surface area contributed by atoms with Crippen LogP contribution in [-0.2, 0) is 10.0 Å². The van der Waals surface area contributed by atoms with E-state index in [0.717, 1.165) is 25.7 Å². The maximum Gasteiger partial charge on any atom is 0.276 e. The Kier molecular flexibility index (Phi) is 3.76. The minimum absolute atomic E-state index is 0.184. The van der Waals surface area contributed by atoms with Crippen molar-refractivity contribution in [3.05, 3.63) is 17.5 Å². The molecule has 1 aromatic rings. The lowest BCUT2D eigenvalue weighted by Crippen LogP contribution is -2.58. The topological polar surface area (TPSA) is 83.7 Å². The van der Waals surface area contributed by atoms with Crippen molar-refractivity contribution in [3.63, 3.8) is 0 Å². The molecule has 1 atom stereocenters. The molecule has 0 aromatic carbocycles. The van der Waals surface area contributed by atoms with Gasteiger partial charge < -0.3 is 9.42 Å². The number of aryl methyl sites for hydroxylation is 1. The van der Waals surface area contributed by atoms with Crippen molar-refractivity contribution in [1.29, 1.82) is 0 Å². The summed E-state index contributed by atoms with van der Waals surface area (Å²) in [4.78, 5) is 14.3. The second-order valence-electron chi connectivity index (χ2n) is 6.32. The van der Waals surface area contributed by atoms with Crippen molar-refractivity contribution in [3.8, 4) is 0 Å². The van der Waals surface area contributed by atoms with Crippen LogP contribution in [0.25, 0.3) is 0 Å². The Morgan fingerprint density at radius 2 is 2.00 bits per heavy atom. The average molecular weight is 327 g/mol. The van der Waals surface area contributed by atoms with Crippen molar-refractivity contribution in [1.82, 2.24) is 14.4 Å². The van der Waals surface area contributed by atoms with E-state index >= 15 is 0 Å². The quantitative estimate of drug-likeness (QED) is 0.809. The van der Waals surface area contributed by atoms with E-state index in [9.17, 15) is 13.2 Å². The van der Waals surface area contributed by atoms with E-state index in [1.165, 1.54) is 6.26 Å². The largest absolute Gasteiger partial charge is 0.361 e. The van der Waals surface area contributed by atoms with Gasteiger partial charge in [0.2, 0.25) is 10.0 Å². The number of carbonyl (C=O) groups is 1. The molecule has 22 heavy (non-hydrogen) atoms. The number of sulfonamides is 1. The zero-order chi connectivity index (χ0) is 16.0. The van der Waals surface area contributed by atoms with Gasteiger partial charge in [-0.2, -0.15) is 4.31 Å². The first-order chi connectivity index (χ1) is 10.3. The molecule has 1 spiro atoms. The molecule has 1 amide bonds. The summed E-state index contributed by atoms with van der Waals surface area (Å²) in [5, 5.41) is 3.78. The molecule has 3 heterocycles. The van der Waals surface area contributed by atoms with E-state index in [-0.39, 0.29) is 5.91 Å². The zero-order valence-electron chi connectivity index (χ0n) is 12.9. The lowest BCUT2D eigenvalue weighted by atomic mass is 9.87. The first-order valence-corrected chi connectivity index (χ1v) is 9.37. The highest BCUT2D eigenvalue weighted by Crippen LogP contribution is 2.39. The molecule has 2 aliphatic heterocycles. The summed E-state index contributed by atoms with van der Waals surface area (Å²) in [7, 11) is -3.26. The number of nitrogens with zero attached hydrogens (tertiary/aromatic N) is 3. The number of aromatic nitrogens is 1. The number of piperidine rings is 1. The number of amides is 1. The second kappa shape index (κ2) is 5.34. The van der Waals surface area contributed by atoms with Gasteiger partial charge in [-0.15, -0.1) is 0 Å². The van der Waals surface area contributed by atoms with E-state index in [0.29, 0.717) is 31.1 Å². The Bertz CT molecular complexity index is 684. The summed E-state index contributed by atoms with van der Waals surface area (Å²) in [6, 6.07) is 1.62. The molecular weight excluding hydrogens is 306 g/mol. The van der Waals surface area contributed by atoms with E-state index in [1.807, 2.05) is 0 Å². The molecule has 3 rings (SSSR count). The van der Waals surface area contributed by atoms with E-state index < -0.39 is 15.6 Å². The number of likely N-dealkylation sites (tertiary alicyclic amines) is 1. The van der Waals surface area contributed by atoms with E-state index in [4.69, 9.17) is 4.52 Å². The summed E-state index contributed by atoms with van der Waals surface area (Å²) in [5.74, 6) is 0.407. The minimum atomic E-state index is -3.26. The summed E-state index contributed by atoms with van der Waals surface area (Å²) >= 11 is 0. The molecule has 1 aromatic heterocycles. The molecule has 122 valence electrons. The van der Waals surface area contributed by atoms with Crippen LogP contribution in [0.3, 0.4) is 0 Å². The maximum atomic E-state index is 12.5. The van der Waals surface area contributed by atoms with Crippen LogP contribution in [0.1, 0.15) is 41.9 Å². The van der Waals surface area contributed by atoms with Crippen molar-refractivity contribution in [2.24, 2.45) is 0 Å². The van der Waals surface area contributed by atoms with Gasteiger partial charge in [0.15, 0.2) is 5.69 Å². The monoisotopic (exact) mass is 327 g/mol. The smallest absolute Gasteiger partial charge is 0.276 e.